The van der Waals surface area contributed by atoms with Crippen molar-refractivity contribution in [1.82, 2.24) is 9.97 Å². The van der Waals surface area contributed by atoms with Crippen LogP contribution in [0.15, 0.2) is 60.9 Å². The first-order chi connectivity index (χ1) is 16.4. The molecule has 1 aromatic heterocycles. The molecule has 0 N–H and O–H groups in total. The Hall–Kier alpha value is -3.61. The first-order valence-electron chi connectivity index (χ1n) is 10.9. The van der Waals surface area contributed by atoms with Gasteiger partial charge in [-0.2, -0.15) is 0 Å². The Labute approximate surface area is 194 Å². The zero-order chi connectivity index (χ0) is 24.2. The van der Waals surface area contributed by atoms with Gasteiger partial charge in [-0.25, -0.2) is 31.9 Å². The van der Waals surface area contributed by atoms with E-state index in [4.69, 9.17) is 0 Å². The minimum atomic E-state index is -1.58. The number of hydrogen-bond donors (Lipinski definition) is 0. The standard InChI is InChI=1S/C27H21F5N2/c1-2-3-4-5-16-6-8-20(22(28)10-16)17-7-9-21(23(29)11-17)19-14-33-27(34-15-19)18-12-24(30)26(32)25(31)13-18/h6-15H,2-5H2,1H3. The zero-order valence-electron chi connectivity index (χ0n) is 18.4. The average Bonchev–Trinajstić information content (AvgIpc) is 2.82. The van der Waals surface area contributed by atoms with Crippen molar-refractivity contribution in [3.63, 3.8) is 0 Å². The summed E-state index contributed by atoms with van der Waals surface area (Å²) in [4.78, 5) is 8.04. The Morgan fingerprint density at radius 2 is 1.21 bits per heavy atom. The number of rotatable bonds is 7. The Balaban J connectivity index is 1.57. The largest absolute Gasteiger partial charge is 0.236 e. The molecule has 7 heteroatoms. The van der Waals surface area contributed by atoms with E-state index in [9.17, 15) is 22.0 Å². The van der Waals surface area contributed by atoms with Gasteiger partial charge in [0.25, 0.3) is 0 Å². The van der Waals surface area contributed by atoms with Gasteiger partial charge >= 0.3 is 0 Å². The molecule has 34 heavy (non-hydrogen) atoms. The van der Waals surface area contributed by atoms with E-state index < -0.39 is 29.1 Å². The average molecular weight is 468 g/mol. The molecular formula is C27H21F5N2. The van der Waals surface area contributed by atoms with E-state index in [2.05, 4.69) is 16.9 Å². The Kier molecular flexibility index (Phi) is 7.01. The summed E-state index contributed by atoms with van der Waals surface area (Å²) in [5.74, 6) is -5.34. The molecule has 0 saturated heterocycles. The fraction of sp³-hybridized carbons (Fsp3) is 0.185. The van der Waals surface area contributed by atoms with Crippen LogP contribution in [0.4, 0.5) is 22.0 Å². The van der Waals surface area contributed by atoms with Crippen LogP contribution in [0, 0.1) is 29.1 Å². The lowest BCUT2D eigenvalue weighted by atomic mass is 9.98. The van der Waals surface area contributed by atoms with Gasteiger partial charge in [0.2, 0.25) is 0 Å². The van der Waals surface area contributed by atoms with Gasteiger partial charge in [-0.05, 0) is 48.2 Å². The molecule has 0 aliphatic heterocycles. The number of aryl methyl sites for hydroxylation is 1. The van der Waals surface area contributed by atoms with Crippen LogP contribution in [0.1, 0.15) is 31.7 Å². The molecule has 0 aliphatic rings. The molecule has 0 saturated carbocycles. The van der Waals surface area contributed by atoms with Crippen LogP contribution < -0.4 is 0 Å². The van der Waals surface area contributed by atoms with Crippen molar-refractivity contribution < 1.29 is 22.0 Å². The summed E-state index contributed by atoms with van der Waals surface area (Å²) >= 11 is 0. The Morgan fingerprint density at radius 1 is 0.618 bits per heavy atom. The summed E-state index contributed by atoms with van der Waals surface area (Å²) in [7, 11) is 0. The molecule has 3 aromatic carbocycles. The van der Waals surface area contributed by atoms with Crippen molar-refractivity contribution in [2.75, 3.05) is 0 Å². The van der Waals surface area contributed by atoms with Crippen LogP contribution in [0.2, 0.25) is 0 Å². The highest BCUT2D eigenvalue weighted by molar-refractivity contribution is 5.71. The molecule has 0 spiro atoms. The third-order valence-electron chi connectivity index (χ3n) is 5.59. The van der Waals surface area contributed by atoms with Crippen LogP contribution in [-0.2, 0) is 6.42 Å². The highest BCUT2D eigenvalue weighted by Gasteiger charge is 2.15. The second kappa shape index (κ2) is 10.1. The zero-order valence-corrected chi connectivity index (χ0v) is 18.4. The SMILES string of the molecule is CCCCCc1ccc(-c2ccc(-c3cnc(-c4cc(F)c(F)c(F)c4)nc3)c(F)c2)c(F)c1. The summed E-state index contributed by atoms with van der Waals surface area (Å²) in [6.45, 7) is 2.11. The van der Waals surface area contributed by atoms with Crippen LogP contribution >= 0.6 is 0 Å². The normalized spacial score (nSPS) is 11.1. The molecule has 1 heterocycles. The third kappa shape index (κ3) is 4.98. The van der Waals surface area contributed by atoms with Gasteiger partial charge in [-0.3, -0.25) is 0 Å². The van der Waals surface area contributed by atoms with Crippen LogP contribution in [0.5, 0.6) is 0 Å². The summed E-state index contributed by atoms with van der Waals surface area (Å²) in [5.41, 5.74) is 2.06. The Morgan fingerprint density at radius 3 is 1.82 bits per heavy atom. The quantitative estimate of drug-likeness (QED) is 0.156. The minimum absolute atomic E-state index is 0.0420. The van der Waals surface area contributed by atoms with E-state index in [0.29, 0.717) is 16.7 Å². The first kappa shape index (κ1) is 23.5. The predicted octanol–water partition coefficient (Wildman–Crippen LogP) is 7.91. The van der Waals surface area contributed by atoms with E-state index >= 15 is 0 Å². The summed E-state index contributed by atoms with van der Waals surface area (Å²) < 4.78 is 69.7. The monoisotopic (exact) mass is 468 g/mol. The second-order valence-corrected chi connectivity index (χ2v) is 8.02. The predicted molar refractivity (Wildman–Crippen MR) is 121 cm³/mol. The number of halogens is 5. The molecule has 0 atom stereocenters. The maximum Gasteiger partial charge on any atom is 0.194 e. The fourth-order valence-corrected chi connectivity index (χ4v) is 3.74. The lowest BCUT2D eigenvalue weighted by Gasteiger charge is -2.10. The molecule has 4 aromatic rings. The number of unbranched alkanes of at least 4 members (excludes halogenated alkanes) is 2. The number of nitrogens with zero attached hydrogens (tertiary/aromatic N) is 2. The Bertz CT molecular complexity index is 1300. The maximum atomic E-state index is 14.9. The van der Waals surface area contributed by atoms with Crippen LogP contribution in [0.25, 0.3) is 33.6 Å². The van der Waals surface area contributed by atoms with Gasteiger partial charge in [0.15, 0.2) is 23.3 Å². The van der Waals surface area contributed by atoms with E-state index in [1.807, 2.05) is 6.07 Å². The molecule has 0 unspecified atom stereocenters. The highest BCUT2D eigenvalue weighted by atomic mass is 19.2. The number of aromatic nitrogens is 2. The van der Waals surface area contributed by atoms with E-state index in [0.717, 1.165) is 43.4 Å². The first-order valence-corrected chi connectivity index (χ1v) is 10.9. The lowest BCUT2D eigenvalue weighted by Crippen LogP contribution is -1.96. The van der Waals surface area contributed by atoms with Gasteiger partial charge in [0.1, 0.15) is 11.6 Å². The molecule has 2 nitrogen and oxygen atoms in total. The summed E-state index contributed by atoms with van der Waals surface area (Å²) in [6, 6.07) is 10.9. The van der Waals surface area contributed by atoms with Crippen molar-refractivity contribution >= 4 is 0 Å². The molecule has 0 fully saturated rings. The van der Waals surface area contributed by atoms with Crippen molar-refractivity contribution in [3.8, 4) is 33.6 Å². The number of hydrogen-bond acceptors (Lipinski definition) is 2. The topological polar surface area (TPSA) is 25.8 Å². The molecule has 0 aliphatic carbocycles. The number of benzene rings is 3. The van der Waals surface area contributed by atoms with Gasteiger partial charge in [0.05, 0.1) is 0 Å². The van der Waals surface area contributed by atoms with Gasteiger partial charge in [0, 0.05) is 34.6 Å². The van der Waals surface area contributed by atoms with Crippen LogP contribution in [0.3, 0.4) is 0 Å². The fourth-order valence-electron chi connectivity index (χ4n) is 3.74. The minimum Gasteiger partial charge on any atom is -0.236 e. The molecule has 0 amide bonds. The van der Waals surface area contributed by atoms with E-state index in [-0.39, 0.29) is 17.0 Å². The second-order valence-electron chi connectivity index (χ2n) is 8.02. The molecule has 4 rings (SSSR count). The van der Waals surface area contributed by atoms with Gasteiger partial charge in [-0.1, -0.05) is 44.0 Å². The van der Waals surface area contributed by atoms with E-state index in [1.54, 1.807) is 12.1 Å². The van der Waals surface area contributed by atoms with Crippen LogP contribution in [-0.4, -0.2) is 9.97 Å². The smallest absolute Gasteiger partial charge is 0.194 e. The highest BCUT2D eigenvalue weighted by Crippen LogP contribution is 2.30. The molecule has 174 valence electrons. The maximum absolute atomic E-state index is 14.9. The summed E-state index contributed by atoms with van der Waals surface area (Å²) in [6.07, 6.45) is 6.55. The van der Waals surface area contributed by atoms with Gasteiger partial charge < -0.3 is 0 Å². The summed E-state index contributed by atoms with van der Waals surface area (Å²) in [5, 5.41) is 0. The van der Waals surface area contributed by atoms with Crippen molar-refractivity contribution in [2.24, 2.45) is 0 Å². The van der Waals surface area contributed by atoms with Crippen molar-refractivity contribution in [2.45, 2.75) is 32.6 Å². The van der Waals surface area contributed by atoms with Crippen molar-refractivity contribution in [3.05, 3.63) is 95.6 Å². The van der Waals surface area contributed by atoms with Gasteiger partial charge in [-0.15, -0.1) is 0 Å². The lowest BCUT2D eigenvalue weighted by molar-refractivity contribution is 0.447. The van der Waals surface area contributed by atoms with Crippen molar-refractivity contribution in [1.29, 1.82) is 0 Å². The molecule has 0 radical (unpaired) electrons. The third-order valence-corrected chi connectivity index (χ3v) is 5.59. The molecular weight excluding hydrogens is 447 g/mol. The van der Waals surface area contributed by atoms with E-state index in [1.165, 1.54) is 30.6 Å². The molecule has 0 bridgehead atoms.